The SMILES string of the molecule is CCC1(CC)C[C@H]1C(=O)N1CC(=O)N(C2CCCCC2)C[C@@H](OCc2ccccn2)C1. The second-order valence-corrected chi connectivity index (χ2v) is 9.64. The van der Waals surface area contributed by atoms with E-state index in [4.69, 9.17) is 4.74 Å². The van der Waals surface area contributed by atoms with Crippen molar-refractivity contribution in [1.29, 1.82) is 0 Å². The largest absolute Gasteiger partial charge is 0.368 e. The summed E-state index contributed by atoms with van der Waals surface area (Å²) in [6.07, 6.45) is 10.3. The van der Waals surface area contributed by atoms with Crippen molar-refractivity contribution in [2.75, 3.05) is 19.6 Å². The molecule has 0 N–H and O–H groups in total. The number of ether oxygens (including phenoxy) is 1. The van der Waals surface area contributed by atoms with Gasteiger partial charge >= 0.3 is 0 Å². The molecule has 1 saturated heterocycles. The van der Waals surface area contributed by atoms with Crippen LogP contribution in [0, 0.1) is 11.3 Å². The van der Waals surface area contributed by atoms with Crippen LogP contribution in [0.25, 0.3) is 0 Å². The topological polar surface area (TPSA) is 62.7 Å². The monoisotopic (exact) mass is 427 g/mol. The highest BCUT2D eigenvalue weighted by atomic mass is 16.5. The predicted molar refractivity (Wildman–Crippen MR) is 119 cm³/mol. The van der Waals surface area contributed by atoms with Gasteiger partial charge in [0.25, 0.3) is 0 Å². The molecule has 4 rings (SSSR count). The van der Waals surface area contributed by atoms with Crippen molar-refractivity contribution in [2.24, 2.45) is 11.3 Å². The molecular weight excluding hydrogens is 390 g/mol. The lowest BCUT2D eigenvalue weighted by molar-refractivity contribution is -0.141. The van der Waals surface area contributed by atoms with Crippen molar-refractivity contribution in [3.63, 3.8) is 0 Å². The zero-order valence-electron chi connectivity index (χ0n) is 19.1. The highest BCUT2D eigenvalue weighted by Crippen LogP contribution is 2.58. The van der Waals surface area contributed by atoms with Gasteiger partial charge in [0, 0.05) is 31.2 Å². The summed E-state index contributed by atoms with van der Waals surface area (Å²) in [6.45, 7) is 6.00. The Hall–Kier alpha value is -1.95. The van der Waals surface area contributed by atoms with Gasteiger partial charge in [-0.3, -0.25) is 14.6 Å². The van der Waals surface area contributed by atoms with Crippen LogP contribution in [0.1, 0.15) is 70.9 Å². The van der Waals surface area contributed by atoms with E-state index in [9.17, 15) is 9.59 Å². The van der Waals surface area contributed by atoms with Gasteiger partial charge in [-0.05, 0) is 49.7 Å². The quantitative estimate of drug-likeness (QED) is 0.664. The molecule has 31 heavy (non-hydrogen) atoms. The van der Waals surface area contributed by atoms with Crippen LogP contribution >= 0.6 is 0 Å². The van der Waals surface area contributed by atoms with Gasteiger partial charge in [0.1, 0.15) is 0 Å². The summed E-state index contributed by atoms with van der Waals surface area (Å²) in [5.74, 6) is 0.297. The number of aromatic nitrogens is 1. The Morgan fingerprint density at radius 1 is 1.16 bits per heavy atom. The number of amides is 2. The maximum absolute atomic E-state index is 13.4. The van der Waals surface area contributed by atoms with E-state index in [2.05, 4.69) is 18.8 Å². The lowest BCUT2D eigenvalue weighted by Crippen LogP contribution is -2.46. The number of nitrogens with zero attached hydrogens (tertiary/aromatic N) is 3. The summed E-state index contributed by atoms with van der Waals surface area (Å²) in [7, 11) is 0. The molecule has 0 spiro atoms. The molecule has 0 unspecified atom stereocenters. The third kappa shape index (κ3) is 4.94. The van der Waals surface area contributed by atoms with Crippen molar-refractivity contribution < 1.29 is 14.3 Å². The molecule has 0 bridgehead atoms. The minimum atomic E-state index is -0.185. The molecule has 1 aliphatic heterocycles. The van der Waals surface area contributed by atoms with Crippen LogP contribution in [-0.2, 0) is 20.9 Å². The van der Waals surface area contributed by atoms with Gasteiger partial charge in [-0.25, -0.2) is 0 Å². The highest BCUT2D eigenvalue weighted by Gasteiger charge is 2.56. The van der Waals surface area contributed by atoms with Crippen LogP contribution in [0.5, 0.6) is 0 Å². The van der Waals surface area contributed by atoms with E-state index in [1.165, 1.54) is 19.3 Å². The molecule has 1 aromatic heterocycles. The van der Waals surface area contributed by atoms with Crippen LogP contribution in [0.15, 0.2) is 24.4 Å². The molecular formula is C25H37N3O3. The first-order valence-electron chi connectivity index (χ1n) is 12.2. The normalized spacial score (nSPS) is 26.6. The number of pyridine rings is 1. The van der Waals surface area contributed by atoms with Gasteiger partial charge in [-0.15, -0.1) is 0 Å². The summed E-state index contributed by atoms with van der Waals surface area (Å²) in [5.41, 5.74) is 1.01. The standard InChI is InChI=1S/C25H37N3O3/c1-3-25(4-2)14-22(25)24(30)27-15-21(31-18-19-10-8-9-13-26-19)16-28(23(29)17-27)20-11-6-5-7-12-20/h8-10,13,20-22H,3-7,11-12,14-18H2,1-2H3/t21-,22-/m0/s1. The second-order valence-electron chi connectivity index (χ2n) is 9.64. The lowest BCUT2D eigenvalue weighted by Gasteiger charge is -2.34. The van der Waals surface area contributed by atoms with Gasteiger partial charge in [-0.1, -0.05) is 39.2 Å². The Morgan fingerprint density at radius 2 is 1.94 bits per heavy atom. The molecule has 3 fully saturated rings. The summed E-state index contributed by atoms with van der Waals surface area (Å²) in [5, 5.41) is 0. The molecule has 2 heterocycles. The number of carbonyl (C=O) groups is 2. The molecule has 0 radical (unpaired) electrons. The van der Waals surface area contributed by atoms with Crippen LogP contribution in [0.4, 0.5) is 0 Å². The van der Waals surface area contributed by atoms with E-state index in [1.54, 1.807) is 11.1 Å². The fourth-order valence-corrected chi connectivity index (χ4v) is 5.60. The molecule has 6 heteroatoms. The molecule has 2 aliphatic carbocycles. The minimum absolute atomic E-state index is 0.0629. The number of carbonyl (C=O) groups excluding carboxylic acids is 2. The first kappa shape index (κ1) is 22.3. The average Bonchev–Trinajstić information content (AvgIpc) is 3.58. The van der Waals surface area contributed by atoms with E-state index < -0.39 is 0 Å². The number of hydrogen-bond acceptors (Lipinski definition) is 4. The lowest BCUT2D eigenvalue weighted by atomic mass is 9.94. The summed E-state index contributed by atoms with van der Waals surface area (Å²) in [6, 6.07) is 6.07. The summed E-state index contributed by atoms with van der Waals surface area (Å²) >= 11 is 0. The van der Waals surface area contributed by atoms with Crippen molar-refractivity contribution in [3.8, 4) is 0 Å². The van der Waals surface area contributed by atoms with Crippen molar-refractivity contribution in [2.45, 2.75) is 84.0 Å². The van der Waals surface area contributed by atoms with Crippen LogP contribution in [-0.4, -0.2) is 58.4 Å². The minimum Gasteiger partial charge on any atom is -0.368 e. The first-order valence-corrected chi connectivity index (χ1v) is 12.2. The highest BCUT2D eigenvalue weighted by molar-refractivity contribution is 5.88. The molecule has 6 nitrogen and oxygen atoms in total. The fraction of sp³-hybridized carbons (Fsp3) is 0.720. The molecule has 1 aromatic rings. The van der Waals surface area contributed by atoms with Crippen LogP contribution < -0.4 is 0 Å². The van der Waals surface area contributed by atoms with Crippen molar-refractivity contribution in [1.82, 2.24) is 14.8 Å². The third-order valence-corrected chi connectivity index (χ3v) is 7.89. The Bertz CT molecular complexity index is 759. The maximum atomic E-state index is 13.4. The maximum Gasteiger partial charge on any atom is 0.242 e. The van der Waals surface area contributed by atoms with E-state index in [1.807, 2.05) is 23.1 Å². The zero-order chi connectivity index (χ0) is 21.8. The van der Waals surface area contributed by atoms with Crippen molar-refractivity contribution in [3.05, 3.63) is 30.1 Å². The Kier molecular flexibility index (Phi) is 6.95. The Balaban J connectivity index is 1.49. The van der Waals surface area contributed by atoms with Crippen LogP contribution in [0.2, 0.25) is 0 Å². The molecule has 2 atom stereocenters. The van der Waals surface area contributed by atoms with E-state index >= 15 is 0 Å². The molecule has 2 saturated carbocycles. The van der Waals surface area contributed by atoms with E-state index in [0.29, 0.717) is 19.7 Å². The van der Waals surface area contributed by atoms with E-state index in [-0.39, 0.29) is 41.8 Å². The first-order chi connectivity index (χ1) is 15.1. The molecule has 2 amide bonds. The van der Waals surface area contributed by atoms with Crippen LogP contribution in [0.3, 0.4) is 0 Å². The molecule has 170 valence electrons. The summed E-state index contributed by atoms with van der Waals surface area (Å²) < 4.78 is 6.25. The van der Waals surface area contributed by atoms with Gasteiger partial charge in [0.2, 0.25) is 11.8 Å². The van der Waals surface area contributed by atoms with Gasteiger partial charge < -0.3 is 14.5 Å². The fourth-order valence-electron chi connectivity index (χ4n) is 5.60. The zero-order valence-corrected chi connectivity index (χ0v) is 19.1. The Morgan fingerprint density at radius 3 is 2.58 bits per heavy atom. The molecule has 3 aliphatic rings. The van der Waals surface area contributed by atoms with Gasteiger partial charge in [0.15, 0.2) is 0 Å². The van der Waals surface area contributed by atoms with E-state index in [0.717, 1.165) is 37.8 Å². The Labute approximate surface area is 186 Å². The van der Waals surface area contributed by atoms with Gasteiger partial charge in [0.05, 0.1) is 24.9 Å². The second kappa shape index (κ2) is 9.68. The predicted octanol–water partition coefficient (Wildman–Crippen LogP) is 3.80. The third-order valence-electron chi connectivity index (χ3n) is 7.89. The smallest absolute Gasteiger partial charge is 0.242 e. The summed E-state index contributed by atoms with van der Waals surface area (Å²) in [4.78, 5) is 34.8. The average molecular weight is 428 g/mol. The number of rotatable bonds is 7. The molecule has 0 aromatic carbocycles. The number of hydrogen-bond donors (Lipinski definition) is 0. The van der Waals surface area contributed by atoms with Crippen molar-refractivity contribution >= 4 is 11.8 Å². The van der Waals surface area contributed by atoms with Gasteiger partial charge in [-0.2, -0.15) is 0 Å².